The summed E-state index contributed by atoms with van der Waals surface area (Å²) in [6.45, 7) is 16.4. The lowest BCUT2D eigenvalue weighted by atomic mass is 9.83. The summed E-state index contributed by atoms with van der Waals surface area (Å²) < 4.78 is 14.7. The van der Waals surface area contributed by atoms with Gasteiger partial charge in [-0.2, -0.15) is 0 Å². The molecule has 4 aliphatic heterocycles. The zero-order valence-corrected chi connectivity index (χ0v) is 40.4. The normalized spacial score (nSPS) is 24.8. The number of pyridine rings is 1. The number of urea groups is 1. The van der Waals surface area contributed by atoms with Crippen LogP contribution >= 0.6 is 11.3 Å². The Morgan fingerprint density at radius 2 is 1.95 bits per heavy atom. The van der Waals surface area contributed by atoms with E-state index in [1.165, 1.54) is 16.3 Å². The molecule has 350 valence electrons. The van der Waals surface area contributed by atoms with E-state index < -0.39 is 23.5 Å². The van der Waals surface area contributed by atoms with Gasteiger partial charge in [-0.15, -0.1) is 11.3 Å². The lowest BCUT2D eigenvalue weighted by molar-refractivity contribution is -0.147. The van der Waals surface area contributed by atoms with Crippen LogP contribution in [-0.4, -0.2) is 143 Å². The van der Waals surface area contributed by atoms with Gasteiger partial charge in [0.25, 0.3) is 5.91 Å². The first-order chi connectivity index (χ1) is 31.1. The molecule has 4 aromatic rings. The number of nitrogens with one attached hydrogen (secondary N) is 2. The van der Waals surface area contributed by atoms with Crippen molar-refractivity contribution in [3.63, 3.8) is 0 Å². The highest BCUT2D eigenvalue weighted by molar-refractivity contribution is 7.10. The molecule has 0 saturated carbocycles. The highest BCUT2D eigenvalue weighted by atomic mass is 32.1. The zero-order chi connectivity index (χ0) is 46.4. The average molecular weight is 910 g/mol. The van der Waals surface area contributed by atoms with E-state index in [2.05, 4.69) is 72.3 Å². The number of aldehydes is 1. The minimum absolute atomic E-state index is 0.0549. The van der Waals surface area contributed by atoms with Crippen molar-refractivity contribution in [2.24, 2.45) is 17.3 Å². The molecule has 0 radical (unpaired) electrons. The van der Waals surface area contributed by atoms with Crippen LogP contribution in [0.25, 0.3) is 33.4 Å². The highest BCUT2D eigenvalue weighted by Crippen LogP contribution is 2.42. The molecule has 2 N–H and O–H groups in total. The summed E-state index contributed by atoms with van der Waals surface area (Å²) >= 11 is 1.44. The Bertz CT molecular complexity index is 2410. The van der Waals surface area contributed by atoms with E-state index in [1.807, 2.05) is 43.3 Å². The molecule has 7 heterocycles. The number of rotatable bonds is 9. The van der Waals surface area contributed by atoms with Crippen LogP contribution in [0.2, 0.25) is 0 Å². The van der Waals surface area contributed by atoms with E-state index in [4.69, 9.17) is 19.4 Å². The molecule has 1 aromatic carbocycles. The monoisotopic (exact) mass is 909 g/mol. The number of hydrogen-bond acceptors (Lipinski definition) is 11. The Morgan fingerprint density at radius 3 is 2.68 bits per heavy atom. The van der Waals surface area contributed by atoms with Gasteiger partial charge in [-0.1, -0.05) is 33.8 Å². The number of carbonyl (C=O) groups is 4. The molecule has 3 aromatic heterocycles. The van der Waals surface area contributed by atoms with Crippen LogP contribution < -0.4 is 10.7 Å². The van der Waals surface area contributed by atoms with Crippen molar-refractivity contribution in [1.82, 2.24) is 45.0 Å². The molecule has 4 amide bonds. The van der Waals surface area contributed by atoms with Crippen LogP contribution in [0.3, 0.4) is 0 Å². The van der Waals surface area contributed by atoms with E-state index in [0.717, 1.165) is 77.0 Å². The second kappa shape index (κ2) is 18.9. The summed E-state index contributed by atoms with van der Waals surface area (Å²) in [6, 6.07) is 8.69. The number of likely N-dealkylation sites (N-methyl/N-ethyl adjacent to an activating group) is 1. The molecule has 0 spiro atoms. The van der Waals surface area contributed by atoms with E-state index in [-0.39, 0.29) is 48.4 Å². The van der Waals surface area contributed by atoms with Gasteiger partial charge in [-0.05, 0) is 94.3 Å². The number of aryl methyl sites for hydroxylation is 1. The number of nitrogens with zero attached hydrogens (tertiary/aromatic N) is 7. The van der Waals surface area contributed by atoms with Gasteiger partial charge in [-0.25, -0.2) is 15.2 Å². The van der Waals surface area contributed by atoms with Crippen molar-refractivity contribution in [1.29, 1.82) is 0 Å². The van der Waals surface area contributed by atoms with E-state index >= 15 is 0 Å². The van der Waals surface area contributed by atoms with Crippen LogP contribution in [0.15, 0.2) is 41.9 Å². The van der Waals surface area contributed by atoms with Crippen LogP contribution in [0.4, 0.5) is 4.79 Å². The second-order valence-electron chi connectivity index (χ2n) is 19.9. The van der Waals surface area contributed by atoms with Crippen LogP contribution in [0.1, 0.15) is 83.2 Å². The van der Waals surface area contributed by atoms with E-state index in [9.17, 15) is 19.2 Å². The van der Waals surface area contributed by atoms with Gasteiger partial charge in [0.2, 0.25) is 5.91 Å². The number of fused-ring (bicyclic) bond motifs is 7. The molecule has 8 rings (SSSR count). The fourth-order valence-electron chi connectivity index (χ4n) is 10.7. The van der Waals surface area contributed by atoms with Crippen LogP contribution in [-0.2, 0) is 43.2 Å². The maximum absolute atomic E-state index is 14.8. The van der Waals surface area contributed by atoms with Gasteiger partial charge in [-0.3, -0.25) is 19.6 Å². The van der Waals surface area contributed by atoms with Gasteiger partial charge in [0.15, 0.2) is 0 Å². The third kappa shape index (κ3) is 9.21. The number of thiazole rings is 1. The number of benzene rings is 1. The zero-order valence-electron chi connectivity index (χ0n) is 39.6. The number of ether oxygens (including phenoxy) is 2. The average Bonchev–Trinajstić information content (AvgIpc) is 3.87. The van der Waals surface area contributed by atoms with Crippen molar-refractivity contribution < 1.29 is 28.7 Å². The van der Waals surface area contributed by atoms with Crippen molar-refractivity contribution >= 4 is 46.4 Å². The molecule has 6 atom stereocenters. The van der Waals surface area contributed by atoms with Gasteiger partial charge < -0.3 is 38.9 Å². The number of likely N-dealkylation sites (tertiary alicyclic amines) is 2. The fraction of sp³-hybridized carbons (Fsp3) is 0.592. The number of carbonyl (C=O) groups excluding carboxylic acids is 4. The fourth-order valence-corrected chi connectivity index (χ4v) is 11.5. The number of piperidine rings is 1. The third-order valence-electron chi connectivity index (χ3n) is 14.1. The minimum atomic E-state index is -1.16. The van der Waals surface area contributed by atoms with E-state index in [0.29, 0.717) is 49.9 Å². The molecule has 3 saturated heterocycles. The predicted octanol–water partition coefficient (Wildman–Crippen LogP) is 5.96. The Kier molecular flexibility index (Phi) is 13.6. The standard InChI is InChI=1S/C49H67N9O6S/c1-10-56-40-15-14-32-21-35(40)36(44(56)34-13-11-18-50-42(34)31(4)63-9)23-48(5,6)28-64-29-49(27-59)17-12-19-58(53-49)46(61)37(22-41-51-38(32)26-65-41)52-45(60)43(30(2)3)55(8)47(62)57-25-33-24-54(7)20-16-39(33)57/h11,13-15,18,21,26-27,30-31,33,37,39,43,53H,10,12,16-17,19-20,22-25,28-29H2,1-9H3,(H,52,60)/t31-,33-,37-,39-,43-,49-/m0/s1. The summed E-state index contributed by atoms with van der Waals surface area (Å²) in [4.78, 5) is 72.1. The summed E-state index contributed by atoms with van der Waals surface area (Å²) in [5, 5.41) is 8.34. The first-order valence-electron chi connectivity index (χ1n) is 23.3. The number of aromatic nitrogens is 3. The Morgan fingerprint density at radius 1 is 1.15 bits per heavy atom. The molecule has 6 bridgehead atoms. The van der Waals surface area contributed by atoms with Gasteiger partial charge >= 0.3 is 6.03 Å². The molecule has 65 heavy (non-hydrogen) atoms. The predicted molar refractivity (Wildman–Crippen MR) is 252 cm³/mol. The largest absolute Gasteiger partial charge is 0.378 e. The lowest BCUT2D eigenvalue weighted by Crippen LogP contribution is -2.68. The Balaban J connectivity index is 1.17. The van der Waals surface area contributed by atoms with Crippen molar-refractivity contribution in [2.45, 2.75) is 110 Å². The molecule has 0 unspecified atom stereocenters. The number of methoxy groups -OCH3 is 1. The van der Waals surface area contributed by atoms with Crippen LogP contribution in [0.5, 0.6) is 0 Å². The first-order valence-corrected chi connectivity index (χ1v) is 24.2. The van der Waals surface area contributed by atoms with Gasteiger partial charge in [0.1, 0.15) is 23.9 Å². The second-order valence-corrected chi connectivity index (χ2v) is 20.9. The number of hydrogen-bond donors (Lipinski definition) is 2. The third-order valence-corrected chi connectivity index (χ3v) is 15.0. The molecular formula is C49H67N9O6S. The van der Waals surface area contributed by atoms with Crippen molar-refractivity contribution in [2.75, 3.05) is 60.6 Å². The summed E-state index contributed by atoms with van der Waals surface area (Å²) in [5.41, 5.74) is 8.63. The SMILES string of the molecule is CCn1c(-c2cccnc2[C@H](C)OC)c2c3cc(ccc31)-c1csc(n1)C[C@H](NC(=O)[C@H](C(C)C)N(C)C(=O)N1C[C@@H]3CN(C)CC[C@@H]31)C(=O)N1CCC[C@](C=O)(COCC(C)(C)C2)N1. The summed E-state index contributed by atoms with van der Waals surface area (Å²) in [5.74, 6) is -0.606. The smallest absolute Gasteiger partial charge is 0.320 e. The molecule has 16 heteroatoms. The molecule has 15 nitrogen and oxygen atoms in total. The molecular weight excluding hydrogens is 843 g/mol. The quantitative estimate of drug-likeness (QED) is 0.193. The molecule has 0 aliphatic carbocycles. The number of amides is 4. The molecule has 3 fully saturated rings. The highest BCUT2D eigenvalue weighted by Gasteiger charge is 2.47. The Labute approximate surface area is 387 Å². The topological polar surface area (TPSA) is 154 Å². The van der Waals surface area contributed by atoms with Crippen molar-refractivity contribution in [3.8, 4) is 22.5 Å². The van der Waals surface area contributed by atoms with Crippen LogP contribution in [0, 0.1) is 17.3 Å². The maximum Gasteiger partial charge on any atom is 0.320 e. The lowest BCUT2D eigenvalue weighted by Gasteiger charge is -2.54. The van der Waals surface area contributed by atoms with E-state index in [1.54, 1.807) is 19.1 Å². The Hall–Kier alpha value is -4.74. The molecule has 4 aliphatic rings. The van der Waals surface area contributed by atoms with Gasteiger partial charge in [0, 0.05) is 92.3 Å². The van der Waals surface area contributed by atoms with Gasteiger partial charge in [0.05, 0.1) is 41.4 Å². The summed E-state index contributed by atoms with van der Waals surface area (Å²) in [6.07, 6.45) is 5.14. The minimum Gasteiger partial charge on any atom is -0.378 e. The number of hydrazine groups is 1. The maximum atomic E-state index is 14.8. The summed E-state index contributed by atoms with van der Waals surface area (Å²) in [7, 11) is 5.50. The van der Waals surface area contributed by atoms with Crippen molar-refractivity contribution in [3.05, 3.63) is 58.2 Å². The first kappa shape index (κ1) is 46.8.